The summed E-state index contributed by atoms with van der Waals surface area (Å²) in [6.45, 7) is 3.45. The summed E-state index contributed by atoms with van der Waals surface area (Å²) >= 11 is 0. The molecule has 1 aliphatic rings. The Balaban J connectivity index is 1.36. The lowest BCUT2D eigenvalue weighted by atomic mass is 9.90. The summed E-state index contributed by atoms with van der Waals surface area (Å²) in [5.74, 6) is 0.930. The van der Waals surface area contributed by atoms with Gasteiger partial charge in [-0.15, -0.1) is 0 Å². The molecule has 2 aromatic rings. The molecule has 1 aliphatic heterocycles. The van der Waals surface area contributed by atoms with Crippen molar-refractivity contribution in [3.8, 4) is 0 Å². The normalized spacial score (nSPS) is 20.5. The maximum Gasteiger partial charge on any atom is 0.275 e. The Kier molecular flexibility index (Phi) is 6.02. The Morgan fingerprint density at radius 2 is 1.50 bits per heavy atom. The summed E-state index contributed by atoms with van der Waals surface area (Å²) in [6.07, 6.45) is 3.61. The van der Waals surface area contributed by atoms with E-state index < -0.39 is 0 Å². The van der Waals surface area contributed by atoms with E-state index >= 15 is 0 Å². The standard InChI is InChI=1S/C21H26N2O/c24-21(22-16-20-9-5-2-6-10-20)17-23-13-11-19(12-14-23)15-18-7-3-1-4-8-18/h1-10,19H,11-17H2,(H,22,24)/p+1. The summed E-state index contributed by atoms with van der Waals surface area (Å²) in [5.41, 5.74) is 2.59. The molecule has 0 spiro atoms. The molecule has 0 aromatic heterocycles. The fourth-order valence-corrected chi connectivity index (χ4v) is 3.50. The molecule has 24 heavy (non-hydrogen) atoms. The van der Waals surface area contributed by atoms with Gasteiger partial charge in [0.05, 0.1) is 13.1 Å². The second-order valence-corrected chi connectivity index (χ2v) is 6.82. The van der Waals surface area contributed by atoms with Crippen LogP contribution < -0.4 is 10.2 Å². The summed E-state index contributed by atoms with van der Waals surface area (Å²) in [5, 5.41) is 3.04. The molecule has 1 heterocycles. The van der Waals surface area contributed by atoms with Gasteiger partial charge in [-0.05, 0) is 36.3 Å². The molecule has 0 saturated carbocycles. The molecule has 1 amide bonds. The van der Waals surface area contributed by atoms with Crippen LogP contribution >= 0.6 is 0 Å². The quantitative estimate of drug-likeness (QED) is 0.836. The molecule has 3 heteroatoms. The largest absolute Gasteiger partial charge is 0.347 e. The third-order valence-electron chi connectivity index (χ3n) is 4.92. The fourth-order valence-electron chi connectivity index (χ4n) is 3.50. The number of benzene rings is 2. The average Bonchev–Trinajstić information content (AvgIpc) is 2.63. The number of likely N-dealkylation sites (tertiary alicyclic amines) is 1. The molecule has 0 bridgehead atoms. The number of carbonyl (C=O) groups is 1. The number of hydrogen-bond acceptors (Lipinski definition) is 1. The van der Waals surface area contributed by atoms with E-state index in [9.17, 15) is 4.79 Å². The topological polar surface area (TPSA) is 33.5 Å². The number of hydrogen-bond donors (Lipinski definition) is 2. The maximum absolute atomic E-state index is 12.1. The zero-order valence-corrected chi connectivity index (χ0v) is 14.2. The van der Waals surface area contributed by atoms with Gasteiger partial charge >= 0.3 is 0 Å². The zero-order valence-electron chi connectivity index (χ0n) is 14.2. The van der Waals surface area contributed by atoms with Gasteiger partial charge in [0.15, 0.2) is 6.54 Å². The summed E-state index contributed by atoms with van der Waals surface area (Å²) in [6, 6.07) is 20.8. The Labute approximate surface area is 144 Å². The molecule has 1 saturated heterocycles. The second kappa shape index (κ2) is 8.65. The van der Waals surface area contributed by atoms with Crippen molar-refractivity contribution in [2.24, 2.45) is 5.92 Å². The van der Waals surface area contributed by atoms with Crippen molar-refractivity contribution in [1.82, 2.24) is 5.32 Å². The molecule has 0 radical (unpaired) electrons. The molecule has 0 unspecified atom stereocenters. The van der Waals surface area contributed by atoms with Crippen molar-refractivity contribution in [3.63, 3.8) is 0 Å². The van der Waals surface area contributed by atoms with E-state index in [1.807, 2.05) is 30.3 Å². The molecule has 0 aliphatic carbocycles. The SMILES string of the molecule is O=C(C[NH+]1CCC(Cc2ccccc2)CC1)NCc1ccccc1. The van der Waals surface area contributed by atoms with Gasteiger partial charge in [-0.25, -0.2) is 0 Å². The molecule has 1 fully saturated rings. The van der Waals surface area contributed by atoms with Gasteiger partial charge < -0.3 is 10.2 Å². The molecule has 2 N–H and O–H groups in total. The van der Waals surface area contributed by atoms with Gasteiger partial charge in [0, 0.05) is 6.54 Å². The first kappa shape index (κ1) is 16.7. The van der Waals surface area contributed by atoms with E-state index in [0.29, 0.717) is 13.1 Å². The van der Waals surface area contributed by atoms with Gasteiger partial charge in [0.1, 0.15) is 0 Å². The van der Waals surface area contributed by atoms with Crippen LogP contribution in [0.4, 0.5) is 0 Å². The molecule has 126 valence electrons. The second-order valence-electron chi connectivity index (χ2n) is 6.82. The number of rotatable bonds is 6. The first-order valence-electron chi connectivity index (χ1n) is 8.98. The lowest BCUT2D eigenvalue weighted by Crippen LogP contribution is -3.14. The van der Waals surface area contributed by atoms with Crippen LogP contribution in [-0.2, 0) is 17.8 Å². The van der Waals surface area contributed by atoms with Gasteiger partial charge in [-0.3, -0.25) is 4.79 Å². The zero-order chi connectivity index (χ0) is 16.6. The van der Waals surface area contributed by atoms with Crippen LogP contribution in [-0.4, -0.2) is 25.5 Å². The lowest BCUT2D eigenvalue weighted by molar-refractivity contribution is -0.898. The van der Waals surface area contributed by atoms with Crippen molar-refractivity contribution in [3.05, 3.63) is 71.8 Å². The van der Waals surface area contributed by atoms with E-state index in [1.54, 1.807) is 0 Å². The summed E-state index contributed by atoms with van der Waals surface area (Å²) in [7, 11) is 0. The molecular weight excluding hydrogens is 296 g/mol. The monoisotopic (exact) mass is 323 g/mol. The van der Waals surface area contributed by atoms with Crippen LogP contribution in [0.15, 0.2) is 60.7 Å². The van der Waals surface area contributed by atoms with Gasteiger partial charge in [-0.1, -0.05) is 60.7 Å². The fraction of sp³-hybridized carbons (Fsp3) is 0.381. The molecular formula is C21H27N2O+. The summed E-state index contributed by atoms with van der Waals surface area (Å²) in [4.78, 5) is 13.5. The highest BCUT2D eigenvalue weighted by Crippen LogP contribution is 2.16. The van der Waals surface area contributed by atoms with Crippen molar-refractivity contribution in [1.29, 1.82) is 0 Å². The highest BCUT2D eigenvalue weighted by atomic mass is 16.2. The Hall–Kier alpha value is -2.13. The van der Waals surface area contributed by atoms with Crippen LogP contribution in [0.3, 0.4) is 0 Å². The van der Waals surface area contributed by atoms with E-state index in [4.69, 9.17) is 0 Å². The van der Waals surface area contributed by atoms with E-state index in [0.717, 1.165) is 24.6 Å². The van der Waals surface area contributed by atoms with E-state index in [2.05, 4.69) is 35.6 Å². The number of carbonyl (C=O) groups excluding carboxylic acids is 1. The Bertz CT molecular complexity index is 619. The van der Waals surface area contributed by atoms with Crippen LogP contribution in [0.1, 0.15) is 24.0 Å². The number of quaternary nitrogens is 1. The van der Waals surface area contributed by atoms with Crippen molar-refractivity contribution in [2.45, 2.75) is 25.8 Å². The predicted octanol–water partition coefficient (Wildman–Crippen LogP) is 1.84. The van der Waals surface area contributed by atoms with Gasteiger partial charge in [-0.2, -0.15) is 0 Å². The third kappa shape index (κ3) is 5.20. The van der Waals surface area contributed by atoms with Crippen molar-refractivity contribution < 1.29 is 9.69 Å². The van der Waals surface area contributed by atoms with Gasteiger partial charge in [0.25, 0.3) is 5.91 Å². The first-order valence-corrected chi connectivity index (χ1v) is 8.98. The highest BCUT2D eigenvalue weighted by Gasteiger charge is 2.23. The minimum Gasteiger partial charge on any atom is -0.347 e. The number of amides is 1. The molecule has 3 nitrogen and oxygen atoms in total. The van der Waals surface area contributed by atoms with Crippen LogP contribution in [0.25, 0.3) is 0 Å². The first-order chi connectivity index (χ1) is 11.8. The number of nitrogens with one attached hydrogen (secondary N) is 2. The summed E-state index contributed by atoms with van der Waals surface area (Å²) < 4.78 is 0. The smallest absolute Gasteiger partial charge is 0.275 e. The van der Waals surface area contributed by atoms with Crippen molar-refractivity contribution in [2.75, 3.05) is 19.6 Å². The Morgan fingerprint density at radius 3 is 2.12 bits per heavy atom. The van der Waals surface area contributed by atoms with Gasteiger partial charge in [0.2, 0.25) is 0 Å². The third-order valence-corrected chi connectivity index (χ3v) is 4.92. The van der Waals surface area contributed by atoms with Crippen molar-refractivity contribution >= 4 is 5.91 Å². The molecule has 3 rings (SSSR count). The maximum atomic E-state index is 12.1. The molecule has 0 atom stereocenters. The van der Waals surface area contributed by atoms with Crippen LogP contribution in [0.5, 0.6) is 0 Å². The van der Waals surface area contributed by atoms with E-state index in [-0.39, 0.29) is 5.91 Å². The lowest BCUT2D eigenvalue weighted by Gasteiger charge is -2.29. The van der Waals surface area contributed by atoms with E-state index in [1.165, 1.54) is 29.7 Å². The Morgan fingerprint density at radius 1 is 0.917 bits per heavy atom. The minimum atomic E-state index is 0.162. The predicted molar refractivity (Wildman–Crippen MR) is 96.7 cm³/mol. The number of piperidine rings is 1. The highest BCUT2D eigenvalue weighted by molar-refractivity contribution is 5.76. The van der Waals surface area contributed by atoms with Crippen LogP contribution in [0.2, 0.25) is 0 Å². The minimum absolute atomic E-state index is 0.162. The molecule has 2 aromatic carbocycles. The average molecular weight is 323 g/mol. The van der Waals surface area contributed by atoms with Crippen LogP contribution in [0, 0.1) is 5.92 Å².